The third kappa shape index (κ3) is 6.87. The van der Waals surface area contributed by atoms with Crippen LogP contribution in [0.1, 0.15) is 70.5 Å². The maximum Gasteiger partial charge on any atom is 0.201 e. The maximum absolute atomic E-state index is 15.1. The molecule has 1 heterocycles. The van der Waals surface area contributed by atoms with Gasteiger partial charge in [-0.1, -0.05) is 81.2 Å². The summed E-state index contributed by atoms with van der Waals surface area (Å²) in [4.78, 5) is 0. The second kappa shape index (κ2) is 13.7. The van der Waals surface area contributed by atoms with E-state index < -0.39 is 11.6 Å². The van der Waals surface area contributed by atoms with Crippen LogP contribution in [0.15, 0.2) is 66.7 Å². The lowest BCUT2D eigenvalue weighted by Gasteiger charge is -2.28. The normalized spacial score (nSPS) is 17.7. The zero-order chi connectivity index (χ0) is 26.9. The van der Waals surface area contributed by atoms with Crippen LogP contribution in [0.25, 0.3) is 22.3 Å². The van der Waals surface area contributed by atoms with Crippen molar-refractivity contribution in [3.05, 3.63) is 89.8 Å². The van der Waals surface area contributed by atoms with E-state index in [9.17, 15) is 8.78 Å². The van der Waals surface area contributed by atoms with Crippen LogP contribution in [-0.4, -0.2) is 13.2 Å². The summed E-state index contributed by atoms with van der Waals surface area (Å²) in [5.41, 5.74) is 2.62. The van der Waals surface area contributed by atoms with E-state index in [4.69, 9.17) is 9.47 Å². The minimum absolute atomic E-state index is 0.0696. The Bertz CT molecular complexity index is 1210. The standard InChI is InChI=1S/C33H37F3O2/c1-3-5-6-7-8-20-37-31-19-17-28(32(35)33(31)36)25-13-11-24(12-14-25)27-16-15-26(21-29(27)34)30-18-10-23(9-4-2)22-38-30/h4,9,11-17,19,21,23,30H,3,5-8,10,18,20,22H2,1-2H3/b9-4+. The third-order valence-corrected chi connectivity index (χ3v) is 7.20. The Morgan fingerprint density at radius 1 is 0.842 bits per heavy atom. The van der Waals surface area contributed by atoms with Gasteiger partial charge in [0.2, 0.25) is 5.82 Å². The van der Waals surface area contributed by atoms with Crippen molar-refractivity contribution in [2.75, 3.05) is 13.2 Å². The molecule has 0 N–H and O–H groups in total. The number of ether oxygens (including phenoxy) is 2. The molecule has 202 valence electrons. The molecular weight excluding hydrogens is 485 g/mol. The fourth-order valence-corrected chi connectivity index (χ4v) is 5.01. The predicted molar refractivity (Wildman–Crippen MR) is 148 cm³/mol. The first-order valence-corrected chi connectivity index (χ1v) is 13.8. The van der Waals surface area contributed by atoms with Gasteiger partial charge in [-0.05, 0) is 61.1 Å². The summed E-state index contributed by atoms with van der Waals surface area (Å²) in [6, 6.07) is 15.0. The van der Waals surface area contributed by atoms with Gasteiger partial charge >= 0.3 is 0 Å². The fraction of sp³-hybridized carbons (Fsp3) is 0.394. The summed E-state index contributed by atoms with van der Waals surface area (Å²) >= 11 is 0. The minimum Gasteiger partial charge on any atom is -0.490 e. The van der Waals surface area contributed by atoms with Gasteiger partial charge in [0.15, 0.2) is 11.6 Å². The second-order valence-corrected chi connectivity index (χ2v) is 10.0. The molecule has 2 unspecified atom stereocenters. The van der Waals surface area contributed by atoms with Crippen molar-refractivity contribution < 1.29 is 22.6 Å². The van der Waals surface area contributed by atoms with Gasteiger partial charge in [0, 0.05) is 17.0 Å². The molecule has 4 rings (SSSR count). The Labute approximate surface area is 224 Å². The van der Waals surface area contributed by atoms with E-state index in [1.165, 1.54) is 18.6 Å². The highest BCUT2D eigenvalue weighted by Gasteiger charge is 2.22. The van der Waals surface area contributed by atoms with Crippen molar-refractivity contribution in [1.29, 1.82) is 0 Å². The molecule has 0 radical (unpaired) electrons. The van der Waals surface area contributed by atoms with Crippen LogP contribution in [0.2, 0.25) is 0 Å². The van der Waals surface area contributed by atoms with Crippen LogP contribution in [0.3, 0.4) is 0 Å². The van der Waals surface area contributed by atoms with Gasteiger partial charge in [-0.3, -0.25) is 0 Å². The summed E-state index contributed by atoms with van der Waals surface area (Å²) in [6.07, 6.45) is 11.2. The molecule has 1 saturated heterocycles. The molecule has 0 saturated carbocycles. The van der Waals surface area contributed by atoms with E-state index in [1.807, 2.05) is 19.1 Å². The largest absolute Gasteiger partial charge is 0.490 e. The number of rotatable bonds is 11. The zero-order valence-electron chi connectivity index (χ0n) is 22.3. The van der Waals surface area contributed by atoms with Gasteiger partial charge in [-0.25, -0.2) is 8.78 Å². The van der Waals surface area contributed by atoms with Crippen molar-refractivity contribution in [2.45, 2.75) is 64.9 Å². The highest BCUT2D eigenvalue weighted by atomic mass is 19.2. The Kier molecular flexibility index (Phi) is 10.1. The van der Waals surface area contributed by atoms with Crippen molar-refractivity contribution in [1.82, 2.24) is 0 Å². The number of benzene rings is 3. The molecule has 2 atom stereocenters. The molecule has 3 aromatic rings. The Balaban J connectivity index is 1.41. The summed E-state index contributed by atoms with van der Waals surface area (Å²) in [7, 11) is 0. The lowest BCUT2D eigenvalue weighted by molar-refractivity contribution is -0.00538. The molecule has 5 heteroatoms. The van der Waals surface area contributed by atoms with Gasteiger partial charge < -0.3 is 9.47 Å². The first-order valence-electron chi connectivity index (χ1n) is 13.8. The highest BCUT2D eigenvalue weighted by Crippen LogP contribution is 2.35. The zero-order valence-corrected chi connectivity index (χ0v) is 22.3. The molecule has 2 nitrogen and oxygen atoms in total. The van der Waals surface area contributed by atoms with Crippen molar-refractivity contribution in [3.8, 4) is 28.0 Å². The van der Waals surface area contributed by atoms with Crippen LogP contribution in [0.5, 0.6) is 5.75 Å². The number of allylic oxidation sites excluding steroid dienone is 1. The molecule has 1 fully saturated rings. The van der Waals surface area contributed by atoms with E-state index in [0.29, 0.717) is 35.8 Å². The summed E-state index contributed by atoms with van der Waals surface area (Å²) in [6.45, 7) is 5.16. The predicted octanol–water partition coefficient (Wildman–Crippen LogP) is 9.83. The molecule has 3 aromatic carbocycles. The molecule has 0 aliphatic carbocycles. The summed E-state index contributed by atoms with van der Waals surface area (Å²) < 4.78 is 56.1. The smallest absolute Gasteiger partial charge is 0.201 e. The number of hydrogen-bond acceptors (Lipinski definition) is 2. The highest BCUT2D eigenvalue weighted by molar-refractivity contribution is 5.71. The molecule has 1 aliphatic rings. The number of unbranched alkanes of at least 4 members (excludes halogenated alkanes) is 4. The molecule has 0 amide bonds. The Morgan fingerprint density at radius 3 is 2.21 bits per heavy atom. The first kappa shape index (κ1) is 28.0. The van der Waals surface area contributed by atoms with Crippen molar-refractivity contribution in [2.24, 2.45) is 5.92 Å². The Morgan fingerprint density at radius 2 is 1.55 bits per heavy atom. The minimum atomic E-state index is -0.983. The molecule has 0 spiro atoms. The Hall–Kier alpha value is -3.05. The quantitative estimate of drug-likeness (QED) is 0.184. The average molecular weight is 523 g/mol. The van der Waals surface area contributed by atoms with Crippen molar-refractivity contribution in [3.63, 3.8) is 0 Å². The summed E-state index contributed by atoms with van der Waals surface area (Å²) in [5.74, 6) is -1.91. The molecule has 0 bridgehead atoms. The van der Waals surface area contributed by atoms with E-state index in [0.717, 1.165) is 44.1 Å². The lowest BCUT2D eigenvalue weighted by atomic mass is 9.93. The SMILES string of the molecule is C/C=C/C1CCC(c2ccc(-c3ccc(-c4ccc(OCCCCCCC)c(F)c4F)cc3)c(F)c2)OC1. The van der Waals surface area contributed by atoms with E-state index in [-0.39, 0.29) is 23.2 Å². The molecule has 1 aliphatic heterocycles. The van der Waals surface area contributed by atoms with Gasteiger partial charge in [-0.2, -0.15) is 4.39 Å². The topological polar surface area (TPSA) is 18.5 Å². The van der Waals surface area contributed by atoms with E-state index >= 15 is 4.39 Å². The molecule has 38 heavy (non-hydrogen) atoms. The van der Waals surface area contributed by atoms with Gasteiger partial charge in [0.05, 0.1) is 19.3 Å². The monoisotopic (exact) mass is 522 g/mol. The number of hydrogen-bond donors (Lipinski definition) is 0. The van der Waals surface area contributed by atoms with Crippen LogP contribution >= 0.6 is 0 Å². The molecule has 0 aromatic heterocycles. The fourth-order valence-electron chi connectivity index (χ4n) is 5.01. The van der Waals surface area contributed by atoms with E-state index in [1.54, 1.807) is 36.4 Å². The van der Waals surface area contributed by atoms with Crippen LogP contribution in [0.4, 0.5) is 13.2 Å². The summed E-state index contributed by atoms with van der Waals surface area (Å²) in [5, 5.41) is 0. The number of halogens is 3. The van der Waals surface area contributed by atoms with Crippen LogP contribution in [-0.2, 0) is 4.74 Å². The third-order valence-electron chi connectivity index (χ3n) is 7.20. The first-order chi connectivity index (χ1) is 18.5. The van der Waals surface area contributed by atoms with Gasteiger partial charge in [0.25, 0.3) is 0 Å². The van der Waals surface area contributed by atoms with Crippen LogP contribution in [0, 0.1) is 23.4 Å². The van der Waals surface area contributed by atoms with Gasteiger partial charge in [0.1, 0.15) is 5.82 Å². The maximum atomic E-state index is 15.1. The molecular formula is C33H37F3O2. The average Bonchev–Trinajstić information content (AvgIpc) is 2.94. The van der Waals surface area contributed by atoms with Crippen molar-refractivity contribution >= 4 is 0 Å². The van der Waals surface area contributed by atoms with Crippen LogP contribution < -0.4 is 4.74 Å². The van der Waals surface area contributed by atoms with Gasteiger partial charge in [-0.15, -0.1) is 0 Å². The van der Waals surface area contributed by atoms with E-state index in [2.05, 4.69) is 13.0 Å². The lowest BCUT2D eigenvalue weighted by Crippen LogP contribution is -2.19. The second-order valence-electron chi connectivity index (χ2n) is 10.0.